The number of rotatable bonds is 12. The smallest absolute Gasteiger partial charge is 0.161 e. The van der Waals surface area contributed by atoms with Gasteiger partial charge in [0.25, 0.3) is 0 Å². The molecule has 4 heteroatoms. The fourth-order valence-electron chi connectivity index (χ4n) is 1.98. The Morgan fingerprint density at radius 2 is 1.86 bits per heavy atom. The summed E-state index contributed by atoms with van der Waals surface area (Å²) in [5.74, 6) is 1.59. The Labute approximate surface area is 128 Å². The van der Waals surface area contributed by atoms with Gasteiger partial charge in [0.15, 0.2) is 11.5 Å². The van der Waals surface area contributed by atoms with Gasteiger partial charge in [0.2, 0.25) is 0 Å². The van der Waals surface area contributed by atoms with Crippen molar-refractivity contribution in [1.29, 1.82) is 0 Å². The summed E-state index contributed by atoms with van der Waals surface area (Å²) in [4.78, 5) is 0. The zero-order chi connectivity index (χ0) is 15.3. The molecule has 0 unspecified atom stereocenters. The first-order valence-corrected chi connectivity index (χ1v) is 7.90. The van der Waals surface area contributed by atoms with Gasteiger partial charge in [-0.05, 0) is 44.0 Å². The van der Waals surface area contributed by atoms with E-state index in [1.54, 1.807) is 7.11 Å². The monoisotopic (exact) mass is 295 g/mol. The molecule has 0 saturated heterocycles. The van der Waals surface area contributed by atoms with Crippen molar-refractivity contribution >= 4 is 0 Å². The summed E-state index contributed by atoms with van der Waals surface area (Å²) >= 11 is 0. The number of hydrogen-bond acceptors (Lipinski definition) is 4. The van der Waals surface area contributed by atoms with Crippen LogP contribution in [0.1, 0.15) is 38.7 Å². The van der Waals surface area contributed by atoms with Gasteiger partial charge in [-0.3, -0.25) is 0 Å². The average Bonchev–Trinajstić information content (AvgIpc) is 2.50. The first kappa shape index (κ1) is 17.8. The molecule has 21 heavy (non-hydrogen) atoms. The number of unbranched alkanes of at least 4 members (excludes halogenated alkanes) is 1. The van der Waals surface area contributed by atoms with Crippen molar-refractivity contribution in [3.8, 4) is 11.5 Å². The van der Waals surface area contributed by atoms with Gasteiger partial charge in [-0.25, -0.2) is 0 Å². The molecule has 0 saturated carbocycles. The van der Waals surface area contributed by atoms with Crippen molar-refractivity contribution in [2.75, 3.05) is 33.5 Å². The second-order valence-electron chi connectivity index (χ2n) is 4.91. The molecule has 0 amide bonds. The second-order valence-corrected chi connectivity index (χ2v) is 4.91. The number of methoxy groups -OCH3 is 1. The van der Waals surface area contributed by atoms with Crippen molar-refractivity contribution in [1.82, 2.24) is 5.32 Å². The minimum absolute atomic E-state index is 0.641. The van der Waals surface area contributed by atoms with Crippen LogP contribution >= 0.6 is 0 Å². The molecule has 1 aromatic carbocycles. The molecule has 0 aliphatic heterocycles. The summed E-state index contributed by atoms with van der Waals surface area (Å²) in [6.45, 7) is 8.30. The van der Waals surface area contributed by atoms with Gasteiger partial charge in [-0.15, -0.1) is 0 Å². The summed E-state index contributed by atoms with van der Waals surface area (Å²) < 4.78 is 16.4. The summed E-state index contributed by atoms with van der Waals surface area (Å²) in [5, 5.41) is 3.42. The fourth-order valence-corrected chi connectivity index (χ4v) is 1.98. The predicted molar refractivity (Wildman–Crippen MR) is 86.2 cm³/mol. The van der Waals surface area contributed by atoms with Crippen LogP contribution in [0.4, 0.5) is 0 Å². The van der Waals surface area contributed by atoms with Crippen LogP contribution in [-0.2, 0) is 11.3 Å². The molecule has 0 fully saturated rings. The molecule has 0 atom stereocenters. The highest BCUT2D eigenvalue weighted by molar-refractivity contribution is 5.42. The van der Waals surface area contributed by atoms with Crippen molar-refractivity contribution in [2.45, 2.75) is 39.7 Å². The van der Waals surface area contributed by atoms with E-state index < -0.39 is 0 Å². The van der Waals surface area contributed by atoms with E-state index in [0.717, 1.165) is 50.6 Å². The summed E-state index contributed by atoms with van der Waals surface area (Å²) in [6, 6.07) is 6.05. The van der Waals surface area contributed by atoms with E-state index in [-0.39, 0.29) is 0 Å². The van der Waals surface area contributed by atoms with Gasteiger partial charge >= 0.3 is 0 Å². The van der Waals surface area contributed by atoms with Gasteiger partial charge in [-0.1, -0.05) is 19.4 Å². The van der Waals surface area contributed by atoms with E-state index >= 15 is 0 Å². The zero-order valence-electron chi connectivity index (χ0n) is 13.6. The Morgan fingerprint density at radius 3 is 2.57 bits per heavy atom. The van der Waals surface area contributed by atoms with Crippen LogP contribution in [0.15, 0.2) is 18.2 Å². The van der Waals surface area contributed by atoms with Crippen molar-refractivity contribution < 1.29 is 14.2 Å². The topological polar surface area (TPSA) is 39.7 Å². The van der Waals surface area contributed by atoms with E-state index in [1.807, 2.05) is 19.1 Å². The first-order valence-electron chi connectivity index (χ1n) is 7.90. The van der Waals surface area contributed by atoms with E-state index in [9.17, 15) is 0 Å². The maximum atomic E-state index is 5.58. The molecule has 0 spiro atoms. The third-order valence-corrected chi connectivity index (χ3v) is 3.14. The number of benzene rings is 1. The Bertz CT molecular complexity index is 382. The Balaban J connectivity index is 2.24. The molecule has 4 nitrogen and oxygen atoms in total. The molecule has 1 N–H and O–H groups in total. The van der Waals surface area contributed by atoms with E-state index in [1.165, 1.54) is 12.0 Å². The molecule has 0 aliphatic rings. The molecule has 0 heterocycles. The molecular weight excluding hydrogens is 266 g/mol. The molecule has 0 radical (unpaired) electrons. The fraction of sp³-hybridized carbons (Fsp3) is 0.647. The molecule has 120 valence electrons. The third-order valence-electron chi connectivity index (χ3n) is 3.14. The van der Waals surface area contributed by atoms with Gasteiger partial charge in [0.1, 0.15) is 0 Å². The molecule has 1 aromatic rings. The molecular formula is C17H29NO3. The van der Waals surface area contributed by atoms with E-state index in [0.29, 0.717) is 6.61 Å². The Morgan fingerprint density at radius 1 is 1.05 bits per heavy atom. The average molecular weight is 295 g/mol. The Hall–Kier alpha value is -1.26. The van der Waals surface area contributed by atoms with Crippen LogP contribution in [0.2, 0.25) is 0 Å². The molecule has 0 bridgehead atoms. The molecule has 0 aliphatic carbocycles. The molecule has 0 aromatic heterocycles. The Kier molecular flexibility index (Phi) is 9.66. The minimum atomic E-state index is 0.641. The van der Waals surface area contributed by atoms with Crippen LogP contribution in [0.3, 0.4) is 0 Å². The third kappa shape index (κ3) is 7.34. The lowest BCUT2D eigenvalue weighted by Crippen LogP contribution is -2.16. The summed E-state index contributed by atoms with van der Waals surface area (Å²) in [7, 11) is 1.66. The van der Waals surface area contributed by atoms with Crippen molar-refractivity contribution in [2.24, 2.45) is 0 Å². The highest BCUT2D eigenvalue weighted by atomic mass is 16.5. The zero-order valence-corrected chi connectivity index (χ0v) is 13.6. The van der Waals surface area contributed by atoms with Gasteiger partial charge in [-0.2, -0.15) is 0 Å². The maximum absolute atomic E-state index is 5.58. The normalized spacial score (nSPS) is 10.6. The quantitative estimate of drug-likeness (QED) is 0.600. The number of nitrogens with one attached hydrogen (secondary N) is 1. The largest absolute Gasteiger partial charge is 0.493 e. The van der Waals surface area contributed by atoms with E-state index in [2.05, 4.69) is 18.3 Å². The molecule has 1 rings (SSSR count). The second kappa shape index (κ2) is 11.4. The van der Waals surface area contributed by atoms with Crippen LogP contribution in [0.5, 0.6) is 11.5 Å². The number of ether oxygens (including phenoxy) is 3. The summed E-state index contributed by atoms with van der Waals surface area (Å²) in [5.41, 5.74) is 1.20. The van der Waals surface area contributed by atoms with Gasteiger partial charge in [0.05, 0.1) is 13.7 Å². The van der Waals surface area contributed by atoms with Crippen LogP contribution < -0.4 is 14.8 Å². The number of hydrogen-bond donors (Lipinski definition) is 1. The first-order chi connectivity index (χ1) is 10.3. The SMILES string of the molecule is CCCCOCCCNCc1ccc(OC)c(OCC)c1. The highest BCUT2D eigenvalue weighted by Crippen LogP contribution is 2.27. The lowest BCUT2D eigenvalue weighted by atomic mass is 10.2. The van der Waals surface area contributed by atoms with Gasteiger partial charge < -0.3 is 19.5 Å². The highest BCUT2D eigenvalue weighted by Gasteiger charge is 2.04. The van der Waals surface area contributed by atoms with Crippen molar-refractivity contribution in [3.05, 3.63) is 23.8 Å². The van der Waals surface area contributed by atoms with Crippen molar-refractivity contribution in [3.63, 3.8) is 0 Å². The van der Waals surface area contributed by atoms with Gasteiger partial charge in [0, 0.05) is 19.8 Å². The minimum Gasteiger partial charge on any atom is -0.493 e. The standard InChI is InChI=1S/C17H29NO3/c1-4-6-11-20-12-7-10-18-14-15-8-9-16(19-3)17(13-15)21-5-2/h8-9,13,18H,4-7,10-12,14H2,1-3H3. The van der Waals surface area contributed by atoms with Crippen LogP contribution in [0, 0.1) is 0 Å². The van der Waals surface area contributed by atoms with Crippen LogP contribution in [0.25, 0.3) is 0 Å². The lowest BCUT2D eigenvalue weighted by Gasteiger charge is -2.11. The summed E-state index contributed by atoms with van der Waals surface area (Å²) in [6.07, 6.45) is 3.38. The maximum Gasteiger partial charge on any atom is 0.161 e. The van der Waals surface area contributed by atoms with Crippen LogP contribution in [-0.4, -0.2) is 33.5 Å². The lowest BCUT2D eigenvalue weighted by molar-refractivity contribution is 0.129. The van der Waals surface area contributed by atoms with E-state index in [4.69, 9.17) is 14.2 Å². The predicted octanol–water partition coefficient (Wildman–Crippen LogP) is 3.39.